The van der Waals surface area contributed by atoms with Crippen LogP contribution < -0.4 is 0 Å². The first-order valence-electron chi connectivity index (χ1n) is 6.78. The Labute approximate surface area is 113 Å². The highest BCUT2D eigenvalue weighted by atomic mass is 32.2. The maximum absolute atomic E-state index is 11.9. The lowest BCUT2D eigenvalue weighted by Crippen LogP contribution is -2.30. The van der Waals surface area contributed by atoms with Crippen molar-refractivity contribution in [1.82, 2.24) is 4.90 Å². The molecule has 2 aliphatic rings. The molecule has 1 unspecified atom stereocenters. The minimum Gasteiger partial charge on any atom is -0.326 e. The van der Waals surface area contributed by atoms with Crippen molar-refractivity contribution in [2.75, 3.05) is 12.3 Å². The van der Waals surface area contributed by atoms with Crippen molar-refractivity contribution in [1.29, 1.82) is 0 Å². The largest absolute Gasteiger partial charge is 0.326 e. The van der Waals surface area contributed by atoms with Gasteiger partial charge in [0, 0.05) is 6.54 Å². The number of thioether (sulfide) groups is 1. The van der Waals surface area contributed by atoms with Gasteiger partial charge in [-0.2, -0.15) is 0 Å². The fourth-order valence-electron chi connectivity index (χ4n) is 2.42. The monoisotopic (exact) mass is 261 g/mol. The summed E-state index contributed by atoms with van der Waals surface area (Å²) >= 11 is 1.77. The Morgan fingerprint density at radius 1 is 1.28 bits per heavy atom. The number of carbonyl (C=O) groups excluding carboxylic acids is 1. The Bertz CT molecular complexity index is 438. The minimum absolute atomic E-state index is 0.254. The average Bonchev–Trinajstić information content (AvgIpc) is 3.15. The van der Waals surface area contributed by atoms with E-state index in [2.05, 4.69) is 36.1 Å². The van der Waals surface area contributed by atoms with Gasteiger partial charge < -0.3 is 4.90 Å². The Balaban J connectivity index is 1.77. The van der Waals surface area contributed by atoms with Crippen LogP contribution in [0.25, 0.3) is 0 Å². The number of hydrogen-bond acceptors (Lipinski definition) is 2. The van der Waals surface area contributed by atoms with Crippen LogP contribution in [0.1, 0.15) is 36.3 Å². The summed E-state index contributed by atoms with van der Waals surface area (Å²) in [6.45, 7) is 3.13. The van der Waals surface area contributed by atoms with Gasteiger partial charge in [0.2, 0.25) is 5.91 Å². The molecule has 0 radical (unpaired) electrons. The molecule has 1 heterocycles. The van der Waals surface area contributed by atoms with E-state index >= 15 is 0 Å². The molecule has 1 aromatic rings. The van der Waals surface area contributed by atoms with E-state index in [0.29, 0.717) is 11.7 Å². The van der Waals surface area contributed by atoms with Crippen molar-refractivity contribution >= 4 is 17.7 Å². The molecule has 2 fully saturated rings. The fourth-order valence-corrected chi connectivity index (χ4v) is 3.62. The molecule has 1 amide bonds. The topological polar surface area (TPSA) is 20.3 Å². The van der Waals surface area contributed by atoms with E-state index in [1.54, 1.807) is 11.8 Å². The van der Waals surface area contributed by atoms with Crippen LogP contribution in [0.5, 0.6) is 0 Å². The molecule has 1 aromatic carbocycles. The van der Waals surface area contributed by atoms with Gasteiger partial charge in [-0.25, -0.2) is 0 Å². The van der Waals surface area contributed by atoms with Gasteiger partial charge in [-0.3, -0.25) is 4.79 Å². The molecule has 2 nitrogen and oxygen atoms in total. The summed E-state index contributed by atoms with van der Waals surface area (Å²) in [6, 6.07) is 8.76. The molecular weight excluding hydrogens is 242 g/mol. The zero-order chi connectivity index (χ0) is 12.5. The van der Waals surface area contributed by atoms with E-state index in [4.69, 9.17) is 0 Å². The molecule has 18 heavy (non-hydrogen) atoms. The fraction of sp³-hybridized carbons (Fsp3) is 0.533. The quantitative estimate of drug-likeness (QED) is 0.829. The van der Waals surface area contributed by atoms with Crippen LogP contribution in [0, 0.1) is 5.92 Å². The van der Waals surface area contributed by atoms with Crippen LogP contribution in [0.15, 0.2) is 24.3 Å². The number of carbonyl (C=O) groups is 1. The Morgan fingerprint density at radius 2 is 2.00 bits per heavy atom. The predicted octanol–water partition coefficient (Wildman–Crippen LogP) is 3.23. The summed E-state index contributed by atoms with van der Waals surface area (Å²) in [5, 5.41) is 0.254. The maximum atomic E-state index is 11.9. The molecule has 3 heteroatoms. The lowest BCUT2D eigenvalue weighted by molar-refractivity contribution is -0.128. The number of amides is 1. The second-order valence-corrected chi connectivity index (χ2v) is 6.32. The van der Waals surface area contributed by atoms with E-state index < -0.39 is 0 Å². The van der Waals surface area contributed by atoms with Gasteiger partial charge >= 0.3 is 0 Å². The molecule has 1 aliphatic carbocycles. The van der Waals surface area contributed by atoms with E-state index in [1.165, 1.54) is 24.0 Å². The molecule has 0 bridgehead atoms. The lowest BCUT2D eigenvalue weighted by Gasteiger charge is -2.24. The second-order valence-electron chi connectivity index (χ2n) is 5.25. The Hall–Kier alpha value is -0.960. The molecule has 1 saturated carbocycles. The third kappa shape index (κ3) is 2.41. The molecule has 0 N–H and O–H groups in total. The van der Waals surface area contributed by atoms with E-state index in [1.807, 2.05) is 0 Å². The number of aryl methyl sites for hydroxylation is 1. The van der Waals surface area contributed by atoms with Gasteiger partial charge in [0.15, 0.2) is 0 Å². The number of hydrogen-bond donors (Lipinski definition) is 0. The zero-order valence-electron chi connectivity index (χ0n) is 10.8. The number of nitrogens with zero attached hydrogens (tertiary/aromatic N) is 1. The highest BCUT2D eigenvalue weighted by molar-refractivity contribution is 8.00. The molecule has 1 atom stereocenters. The molecule has 0 spiro atoms. The summed E-state index contributed by atoms with van der Waals surface area (Å²) in [6.07, 6.45) is 3.68. The smallest absolute Gasteiger partial charge is 0.233 e. The van der Waals surface area contributed by atoms with Crippen LogP contribution in [0.3, 0.4) is 0 Å². The summed E-state index contributed by atoms with van der Waals surface area (Å²) in [5.74, 6) is 1.73. The summed E-state index contributed by atoms with van der Waals surface area (Å²) in [7, 11) is 0. The van der Waals surface area contributed by atoms with Gasteiger partial charge in [-0.05, 0) is 36.3 Å². The molecule has 0 aromatic heterocycles. The van der Waals surface area contributed by atoms with E-state index in [9.17, 15) is 4.79 Å². The van der Waals surface area contributed by atoms with Crippen molar-refractivity contribution in [3.05, 3.63) is 35.4 Å². The van der Waals surface area contributed by atoms with Crippen molar-refractivity contribution in [3.63, 3.8) is 0 Å². The Morgan fingerprint density at radius 3 is 2.61 bits per heavy atom. The van der Waals surface area contributed by atoms with Gasteiger partial charge in [0.1, 0.15) is 5.37 Å². The van der Waals surface area contributed by atoms with Gasteiger partial charge in [-0.15, -0.1) is 11.8 Å². The van der Waals surface area contributed by atoms with E-state index in [-0.39, 0.29) is 5.37 Å². The first-order valence-corrected chi connectivity index (χ1v) is 7.82. The molecule has 1 aliphatic heterocycles. The van der Waals surface area contributed by atoms with Gasteiger partial charge in [0.25, 0.3) is 0 Å². The SMILES string of the molecule is CCc1ccc(C2SCC(=O)N2CC2CC2)cc1. The second kappa shape index (κ2) is 4.96. The predicted molar refractivity (Wildman–Crippen MR) is 75.5 cm³/mol. The normalized spacial score (nSPS) is 23.7. The molecule has 3 rings (SSSR count). The van der Waals surface area contributed by atoms with Gasteiger partial charge in [-0.1, -0.05) is 31.2 Å². The number of rotatable bonds is 4. The van der Waals surface area contributed by atoms with E-state index in [0.717, 1.165) is 18.9 Å². The highest BCUT2D eigenvalue weighted by Crippen LogP contribution is 2.41. The zero-order valence-corrected chi connectivity index (χ0v) is 11.6. The van der Waals surface area contributed by atoms with Crippen molar-refractivity contribution in [2.45, 2.75) is 31.6 Å². The average molecular weight is 261 g/mol. The van der Waals surface area contributed by atoms with Crippen LogP contribution >= 0.6 is 11.8 Å². The summed E-state index contributed by atoms with van der Waals surface area (Å²) in [5.41, 5.74) is 2.64. The molecular formula is C15H19NOS. The first kappa shape index (κ1) is 12.1. The third-order valence-corrected chi connectivity index (χ3v) is 5.05. The Kier molecular flexibility index (Phi) is 3.33. The highest BCUT2D eigenvalue weighted by Gasteiger charge is 2.36. The standard InChI is InChI=1S/C15H19NOS/c1-2-11-5-7-13(8-6-11)15-16(9-12-3-4-12)14(17)10-18-15/h5-8,12,15H,2-4,9-10H2,1H3. The van der Waals surface area contributed by atoms with Crippen LogP contribution in [0.2, 0.25) is 0 Å². The van der Waals surface area contributed by atoms with Crippen molar-refractivity contribution in [3.8, 4) is 0 Å². The first-order chi connectivity index (χ1) is 8.78. The van der Waals surface area contributed by atoms with Crippen molar-refractivity contribution < 1.29 is 4.79 Å². The van der Waals surface area contributed by atoms with Crippen LogP contribution in [-0.2, 0) is 11.2 Å². The van der Waals surface area contributed by atoms with Gasteiger partial charge in [0.05, 0.1) is 5.75 Å². The number of benzene rings is 1. The van der Waals surface area contributed by atoms with Crippen LogP contribution in [-0.4, -0.2) is 23.1 Å². The summed E-state index contributed by atoms with van der Waals surface area (Å²) in [4.78, 5) is 14.0. The summed E-state index contributed by atoms with van der Waals surface area (Å²) < 4.78 is 0. The third-order valence-electron chi connectivity index (χ3n) is 3.79. The van der Waals surface area contributed by atoms with Crippen LogP contribution in [0.4, 0.5) is 0 Å². The maximum Gasteiger partial charge on any atom is 0.233 e. The molecule has 96 valence electrons. The van der Waals surface area contributed by atoms with Crippen molar-refractivity contribution in [2.24, 2.45) is 5.92 Å². The lowest BCUT2D eigenvalue weighted by atomic mass is 10.1. The molecule has 1 saturated heterocycles. The minimum atomic E-state index is 0.254.